The van der Waals surface area contributed by atoms with E-state index in [4.69, 9.17) is 0 Å². The second-order valence-electron chi connectivity index (χ2n) is 20.7. The summed E-state index contributed by atoms with van der Waals surface area (Å²) in [5.41, 5.74) is 0. The summed E-state index contributed by atoms with van der Waals surface area (Å²) < 4.78 is 0. The molecule has 0 bridgehead atoms. The van der Waals surface area contributed by atoms with Crippen molar-refractivity contribution in [1.29, 1.82) is 0 Å². The summed E-state index contributed by atoms with van der Waals surface area (Å²) in [5, 5.41) is 0. The largest absolute Gasteiger partial charge is 0.0683 e. The Kier molecular flexibility index (Phi) is 43.8. The van der Waals surface area contributed by atoms with Crippen molar-refractivity contribution in [1.82, 2.24) is 0 Å². The summed E-state index contributed by atoms with van der Waals surface area (Å²) in [5.74, 6) is 15.4. The van der Waals surface area contributed by atoms with Crippen molar-refractivity contribution in [3.05, 3.63) is 0 Å². The first-order chi connectivity index (χ1) is 26.4. The fourth-order valence-corrected chi connectivity index (χ4v) is 9.91. The van der Waals surface area contributed by atoms with Crippen molar-refractivity contribution < 1.29 is 0 Å². The predicted octanol–water partition coefficient (Wildman–Crippen LogP) is 20.5. The van der Waals surface area contributed by atoms with Crippen molar-refractivity contribution in [3.8, 4) is 0 Å². The molecule has 0 radical (unpaired) electrons. The average molecular weight is 794 g/mol. The van der Waals surface area contributed by atoms with Gasteiger partial charge >= 0.3 is 0 Å². The molecule has 0 amide bonds. The van der Waals surface area contributed by atoms with E-state index in [-0.39, 0.29) is 0 Å². The minimum absolute atomic E-state index is 0.909. The van der Waals surface area contributed by atoms with E-state index in [0.717, 1.165) is 94.7 Å². The van der Waals surface area contributed by atoms with E-state index in [0.29, 0.717) is 0 Å². The van der Waals surface area contributed by atoms with Crippen LogP contribution in [0.3, 0.4) is 0 Å². The molecule has 4 fully saturated rings. The maximum atomic E-state index is 2.38. The van der Waals surface area contributed by atoms with Crippen LogP contribution in [0.4, 0.5) is 0 Å². The van der Waals surface area contributed by atoms with Crippen LogP contribution in [0.2, 0.25) is 0 Å². The van der Waals surface area contributed by atoms with E-state index in [1.54, 1.807) is 0 Å². The van der Waals surface area contributed by atoms with Gasteiger partial charge < -0.3 is 0 Å². The molecule has 4 saturated carbocycles. The zero-order valence-corrected chi connectivity index (χ0v) is 44.6. The Labute approximate surface area is 362 Å². The Morgan fingerprint density at radius 3 is 0.357 bits per heavy atom. The molecule has 0 aromatic rings. The lowest BCUT2D eigenvalue weighted by molar-refractivity contribution is 0.177. The first kappa shape index (κ1) is 62.6. The Morgan fingerprint density at radius 2 is 0.286 bits per heavy atom. The lowest BCUT2D eigenvalue weighted by Crippen LogP contribution is -2.22. The predicted molar refractivity (Wildman–Crippen MR) is 266 cm³/mol. The molecular weight excluding hydrogens is 673 g/mol. The SMILES string of the molecule is CC.CC.CC.CC.CC(C)[C@@H]1CCC[C@@H](C(C)C)C1.CC(C)[C@@H]1CCC[C@H](C(C)C)C1.CC(C)[C@@H]1CCC[C@H](C(C)C)C1.CC(C)[C@H]1CCC[C@H](C(C)C)C1. The molecule has 0 heteroatoms. The molecule has 344 valence electrons. The van der Waals surface area contributed by atoms with Gasteiger partial charge in [-0.3, -0.25) is 0 Å². The Hall–Kier alpha value is 0. The maximum Gasteiger partial charge on any atom is -0.0388 e. The van der Waals surface area contributed by atoms with Crippen LogP contribution >= 0.6 is 0 Å². The highest BCUT2D eigenvalue weighted by atomic mass is 14.3. The van der Waals surface area contributed by atoms with E-state index in [1.807, 2.05) is 55.4 Å². The first-order valence-corrected chi connectivity index (χ1v) is 26.4. The van der Waals surface area contributed by atoms with E-state index in [9.17, 15) is 0 Å². The zero-order valence-electron chi connectivity index (χ0n) is 44.6. The molecule has 4 aliphatic rings. The summed E-state index contributed by atoms with van der Waals surface area (Å²) in [6, 6.07) is 0. The standard InChI is InChI=1S/4C12H24.4C2H6/c4*1-9(2)11-6-5-7-12(8-11)10(3)4;4*1-2/h4*9-12H,5-8H2,1-4H3;4*1-2H3/t2*11-,12+;2*11-,12-;;;;/m..10..../s1. The molecule has 0 aromatic heterocycles. The third kappa shape index (κ3) is 29.3. The van der Waals surface area contributed by atoms with E-state index < -0.39 is 0 Å². The average Bonchev–Trinajstić information content (AvgIpc) is 3.21. The second kappa shape index (κ2) is 39.2. The molecule has 56 heavy (non-hydrogen) atoms. The second-order valence-corrected chi connectivity index (χ2v) is 20.7. The Bertz CT molecular complexity index is 568. The Balaban J connectivity index is -0.000000303. The maximum absolute atomic E-state index is 2.38. The molecule has 0 spiro atoms. The summed E-state index contributed by atoms with van der Waals surface area (Å²) in [6.07, 6.45) is 23.8. The van der Waals surface area contributed by atoms with Gasteiger partial charge in [-0.25, -0.2) is 0 Å². The van der Waals surface area contributed by atoms with Crippen LogP contribution < -0.4 is 0 Å². The molecule has 4 aliphatic carbocycles. The monoisotopic (exact) mass is 793 g/mol. The minimum Gasteiger partial charge on any atom is -0.0683 e. The van der Waals surface area contributed by atoms with Crippen molar-refractivity contribution in [2.45, 2.75) is 269 Å². The smallest absolute Gasteiger partial charge is 0.0388 e. The molecular formula is C56H120. The normalized spacial score (nSPS) is 27.4. The van der Waals surface area contributed by atoms with Crippen LogP contribution in [-0.4, -0.2) is 0 Å². The van der Waals surface area contributed by atoms with Crippen LogP contribution in [0.25, 0.3) is 0 Å². The molecule has 0 heterocycles. The van der Waals surface area contributed by atoms with Crippen LogP contribution in [0.15, 0.2) is 0 Å². The highest BCUT2D eigenvalue weighted by Crippen LogP contribution is 2.40. The fourth-order valence-electron chi connectivity index (χ4n) is 9.91. The number of hydrogen-bond donors (Lipinski definition) is 0. The van der Waals surface area contributed by atoms with E-state index >= 15 is 0 Å². The van der Waals surface area contributed by atoms with Gasteiger partial charge in [0.1, 0.15) is 0 Å². The van der Waals surface area contributed by atoms with Crippen LogP contribution in [-0.2, 0) is 0 Å². The highest BCUT2D eigenvalue weighted by Gasteiger charge is 2.28. The van der Waals surface area contributed by atoms with E-state index in [2.05, 4.69) is 111 Å². The van der Waals surface area contributed by atoms with Crippen molar-refractivity contribution in [3.63, 3.8) is 0 Å². The molecule has 0 nitrogen and oxygen atoms in total. The van der Waals surface area contributed by atoms with Gasteiger partial charge in [-0.2, -0.15) is 0 Å². The fraction of sp³-hybridized carbons (Fsp3) is 1.00. The summed E-state index contributed by atoms with van der Waals surface area (Å²) in [6.45, 7) is 54.1. The lowest BCUT2D eigenvalue weighted by atomic mass is 9.72. The quantitative estimate of drug-likeness (QED) is 0.230. The zero-order chi connectivity index (χ0) is 44.6. The third-order valence-corrected chi connectivity index (χ3v) is 14.6. The van der Waals surface area contributed by atoms with Gasteiger partial charge in [0.2, 0.25) is 0 Å². The van der Waals surface area contributed by atoms with Crippen molar-refractivity contribution in [2.24, 2.45) is 94.7 Å². The molecule has 0 aromatic carbocycles. The van der Waals surface area contributed by atoms with Gasteiger partial charge in [0.25, 0.3) is 0 Å². The highest BCUT2D eigenvalue weighted by molar-refractivity contribution is 4.79. The van der Waals surface area contributed by atoms with Gasteiger partial charge in [0.15, 0.2) is 0 Å². The van der Waals surface area contributed by atoms with Crippen LogP contribution in [0.5, 0.6) is 0 Å². The topological polar surface area (TPSA) is 0 Å². The minimum atomic E-state index is 0.909. The van der Waals surface area contributed by atoms with Gasteiger partial charge in [-0.1, -0.05) is 243 Å². The van der Waals surface area contributed by atoms with Gasteiger partial charge in [0.05, 0.1) is 0 Å². The van der Waals surface area contributed by atoms with Gasteiger partial charge in [-0.05, 0) is 120 Å². The molecule has 0 unspecified atom stereocenters. The third-order valence-electron chi connectivity index (χ3n) is 14.6. The molecule has 0 aliphatic heterocycles. The van der Waals surface area contributed by atoms with E-state index in [1.165, 1.54) is 103 Å². The lowest BCUT2D eigenvalue weighted by Gasteiger charge is -2.33. The first-order valence-electron chi connectivity index (χ1n) is 26.4. The number of hydrogen-bond acceptors (Lipinski definition) is 0. The van der Waals surface area contributed by atoms with Crippen molar-refractivity contribution >= 4 is 0 Å². The molecule has 8 atom stereocenters. The summed E-state index contributed by atoms with van der Waals surface area (Å²) in [7, 11) is 0. The van der Waals surface area contributed by atoms with Crippen LogP contribution in [0, 0.1) is 94.7 Å². The van der Waals surface area contributed by atoms with Gasteiger partial charge in [-0.15, -0.1) is 0 Å². The molecule has 4 rings (SSSR count). The van der Waals surface area contributed by atoms with Crippen LogP contribution in [0.1, 0.15) is 269 Å². The Morgan fingerprint density at radius 1 is 0.196 bits per heavy atom. The summed E-state index contributed by atoms with van der Waals surface area (Å²) in [4.78, 5) is 0. The molecule has 0 N–H and O–H groups in total. The molecule has 0 saturated heterocycles. The van der Waals surface area contributed by atoms with Crippen molar-refractivity contribution in [2.75, 3.05) is 0 Å². The summed E-state index contributed by atoms with van der Waals surface area (Å²) >= 11 is 0. The van der Waals surface area contributed by atoms with Gasteiger partial charge in [0, 0.05) is 0 Å². The number of rotatable bonds is 8.